The predicted octanol–water partition coefficient (Wildman–Crippen LogP) is 1.41. The summed E-state index contributed by atoms with van der Waals surface area (Å²) < 4.78 is 11.9. The number of rotatable bonds is 4. The number of halogens is 1. The van der Waals surface area contributed by atoms with E-state index in [9.17, 15) is 4.39 Å². The molecule has 0 fully saturated rings. The predicted molar refractivity (Wildman–Crippen MR) is 51.4 cm³/mol. The summed E-state index contributed by atoms with van der Waals surface area (Å²) in [4.78, 5) is 0. The first-order valence-corrected chi connectivity index (χ1v) is 4.95. The maximum absolute atomic E-state index is 11.9. The van der Waals surface area contributed by atoms with Gasteiger partial charge in [-0.2, -0.15) is 0 Å². The molecule has 0 saturated heterocycles. The van der Waals surface area contributed by atoms with Gasteiger partial charge in [-0.1, -0.05) is 12.2 Å². The Morgan fingerprint density at radius 3 is 2.54 bits per heavy atom. The number of allylic oxidation sites excluding steroid dienone is 2. The highest BCUT2D eigenvalue weighted by Crippen LogP contribution is 2.11. The molecule has 1 unspecified atom stereocenters. The Labute approximate surface area is 78.8 Å². The first-order valence-electron chi connectivity index (χ1n) is 4.95. The van der Waals surface area contributed by atoms with Crippen molar-refractivity contribution in [3.63, 3.8) is 0 Å². The van der Waals surface area contributed by atoms with Gasteiger partial charge < -0.3 is 10.4 Å². The summed E-state index contributed by atoms with van der Waals surface area (Å²) in [5, 5.41) is 12.2. The average molecular weight is 187 g/mol. The highest BCUT2D eigenvalue weighted by Gasteiger charge is 2.10. The molecule has 0 bridgehead atoms. The van der Waals surface area contributed by atoms with Gasteiger partial charge >= 0.3 is 0 Å². The van der Waals surface area contributed by atoms with E-state index in [1.165, 1.54) is 0 Å². The maximum Gasteiger partial charge on any atom is 0.117 e. The normalized spacial score (nSPS) is 21.4. The van der Waals surface area contributed by atoms with Crippen LogP contribution in [0, 0.1) is 0 Å². The lowest BCUT2D eigenvalue weighted by molar-refractivity contribution is 0.133. The number of aliphatic hydroxyl groups is 1. The summed E-state index contributed by atoms with van der Waals surface area (Å²) in [7, 11) is 0. The van der Waals surface area contributed by atoms with Crippen molar-refractivity contribution >= 4 is 0 Å². The third-order valence-corrected chi connectivity index (χ3v) is 2.35. The zero-order chi connectivity index (χ0) is 9.52. The quantitative estimate of drug-likeness (QED) is 0.652. The Morgan fingerprint density at radius 2 is 2.00 bits per heavy atom. The molecule has 2 N–H and O–H groups in total. The van der Waals surface area contributed by atoms with Crippen molar-refractivity contribution in [3.05, 3.63) is 12.2 Å². The summed E-state index contributed by atoms with van der Waals surface area (Å²) in [6.07, 6.45) is 7.90. The first-order chi connectivity index (χ1) is 6.33. The summed E-state index contributed by atoms with van der Waals surface area (Å²) in [6.45, 7) is -0.279. The van der Waals surface area contributed by atoms with Crippen LogP contribution in [-0.4, -0.2) is 30.5 Å². The number of aliphatic hydroxyl groups excluding tert-OH is 1. The molecule has 1 atom stereocenters. The molecule has 0 aromatic heterocycles. The molecule has 1 rings (SSSR count). The summed E-state index contributed by atoms with van der Waals surface area (Å²) in [5.74, 6) is 0. The highest BCUT2D eigenvalue weighted by atomic mass is 19.1. The van der Waals surface area contributed by atoms with Crippen LogP contribution in [0.5, 0.6) is 0 Å². The van der Waals surface area contributed by atoms with Gasteiger partial charge in [0.05, 0.1) is 6.10 Å². The third kappa shape index (κ3) is 4.39. The molecular weight excluding hydrogens is 169 g/mol. The lowest BCUT2D eigenvalue weighted by atomic mass is 10.1. The van der Waals surface area contributed by atoms with Gasteiger partial charge in [0.1, 0.15) is 6.67 Å². The Kier molecular flexibility index (Phi) is 5.01. The van der Waals surface area contributed by atoms with E-state index in [0.29, 0.717) is 12.6 Å². The first kappa shape index (κ1) is 10.7. The molecule has 13 heavy (non-hydrogen) atoms. The van der Waals surface area contributed by atoms with Gasteiger partial charge in [-0.25, -0.2) is 4.39 Å². The Balaban J connectivity index is 2.13. The van der Waals surface area contributed by atoms with Gasteiger partial charge in [0.25, 0.3) is 0 Å². The Hall–Kier alpha value is -0.410. The minimum atomic E-state index is -0.837. The van der Waals surface area contributed by atoms with E-state index in [1.54, 1.807) is 0 Å². The lowest BCUT2D eigenvalue weighted by Gasteiger charge is -2.17. The SMILES string of the molecule is OC(CF)CNC1CCC=CCC1. The van der Waals surface area contributed by atoms with Crippen LogP contribution >= 0.6 is 0 Å². The molecule has 0 radical (unpaired) electrons. The maximum atomic E-state index is 11.9. The highest BCUT2D eigenvalue weighted by molar-refractivity contribution is 4.89. The lowest BCUT2D eigenvalue weighted by Crippen LogP contribution is -2.36. The molecule has 1 aliphatic rings. The van der Waals surface area contributed by atoms with Crippen molar-refractivity contribution in [1.82, 2.24) is 5.32 Å². The van der Waals surface area contributed by atoms with Crippen molar-refractivity contribution in [2.75, 3.05) is 13.2 Å². The van der Waals surface area contributed by atoms with Gasteiger partial charge in [-0.15, -0.1) is 0 Å². The van der Waals surface area contributed by atoms with Crippen molar-refractivity contribution in [3.8, 4) is 0 Å². The number of alkyl halides is 1. The fraction of sp³-hybridized carbons (Fsp3) is 0.800. The molecular formula is C10H18FNO. The van der Waals surface area contributed by atoms with Crippen LogP contribution < -0.4 is 5.32 Å². The largest absolute Gasteiger partial charge is 0.389 e. The Morgan fingerprint density at radius 1 is 1.38 bits per heavy atom. The summed E-state index contributed by atoms with van der Waals surface area (Å²) in [5.41, 5.74) is 0. The van der Waals surface area contributed by atoms with E-state index in [0.717, 1.165) is 25.7 Å². The van der Waals surface area contributed by atoms with E-state index in [4.69, 9.17) is 5.11 Å². The minimum Gasteiger partial charge on any atom is -0.389 e. The van der Waals surface area contributed by atoms with Gasteiger partial charge in [-0.3, -0.25) is 0 Å². The molecule has 3 heteroatoms. The molecule has 0 aromatic carbocycles. The van der Waals surface area contributed by atoms with E-state index in [1.807, 2.05) is 0 Å². The number of hydrogen-bond donors (Lipinski definition) is 2. The topological polar surface area (TPSA) is 32.3 Å². The second-order valence-corrected chi connectivity index (χ2v) is 3.54. The molecule has 0 amide bonds. The zero-order valence-electron chi connectivity index (χ0n) is 7.88. The van der Waals surface area contributed by atoms with Crippen LogP contribution in [0.3, 0.4) is 0 Å². The molecule has 0 aromatic rings. The van der Waals surface area contributed by atoms with Crippen LogP contribution in [0.2, 0.25) is 0 Å². The second-order valence-electron chi connectivity index (χ2n) is 3.54. The van der Waals surface area contributed by atoms with Crippen LogP contribution in [0.25, 0.3) is 0 Å². The second kappa shape index (κ2) is 6.11. The van der Waals surface area contributed by atoms with Crippen LogP contribution in [0.1, 0.15) is 25.7 Å². The summed E-state index contributed by atoms with van der Waals surface area (Å²) in [6, 6.07) is 0.441. The van der Waals surface area contributed by atoms with Crippen LogP contribution in [0.4, 0.5) is 4.39 Å². The fourth-order valence-corrected chi connectivity index (χ4v) is 1.54. The van der Waals surface area contributed by atoms with Gasteiger partial charge in [-0.05, 0) is 25.7 Å². The molecule has 1 aliphatic carbocycles. The third-order valence-electron chi connectivity index (χ3n) is 2.35. The van der Waals surface area contributed by atoms with E-state index in [2.05, 4.69) is 17.5 Å². The van der Waals surface area contributed by atoms with E-state index < -0.39 is 12.8 Å². The standard InChI is InChI=1S/C10H18FNO/c11-7-10(13)8-12-9-5-3-1-2-4-6-9/h1-2,9-10,12-13H,3-8H2. The van der Waals surface area contributed by atoms with Crippen LogP contribution in [-0.2, 0) is 0 Å². The van der Waals surface area contributed by atoms with Gasteiger partial charge in [0.15, 0.2) is 0 Å². The molecule has 0 heterocycles. The molecule has 0 spiro atoms. The van der Waals surface area contributed by atoms with E-state index >= 15 is 0 Å². The molecule has 0 saturated carbocycles. The van der Waals surface area contributed by atoms with E-state index in [-0.39, 0.29) is 0 Å². The van der Waals surface area contributed by atoms with Crippen molar-refractivity contribution in [1.29, 1.82) is 0 Å². The molecule has 2 nitrogen and oxygen atoms in total. The van der Waals surface area contributed by atoms with Crippen molar-refractivity contribution in [2.24, 2.45) is 0 Å². The van der Waals surface area contributed by atoms with Crippen molar-refractivity contribution in [2.45, 2.75) is 37.8 Å². The smallest absolute Gasteiger partial charge is 0.117 e. The number of hydrogen-bond acceptors (Lipinski definition) is 2. The average Bonchev–Trinajstić information content (AvgIpc) is 2.42. The van der Waals surface area contributed by atoms with Crippen LogP contribution in [0.15, 0.2) is 12.2 Å². The monoisotopic (exact) mass is 187 g/mol. The van der Waals surface area contributed by atoms with Gasteiger partial charge in [0.2, 0.25) is 0 Å². The fourth-order valence-electron chi connectivity index (χ4n) is 1.54. The minimum absolute atomic E-state index is 0.376. The molecule has 0 aliphatic heterocycles. The van der Waals surface area contributed by atoms with Gasteiger partial charge in [0, 0.05) is 12.6 Å². The Bertz CT molecular complexity index is 151. The van der Waals surface area contributed by atoms with Crippen molar-refractivity contribution < 1.29 is 9.50 Å². The summed E-state index contributed by atoms with van der Waals surface area (Å²) >= 11 is 0. The molecule has 76 valence electrons. The zero-order valence-corrected chi connectivity index (χ0v) is 7.88. The number of nitrogens with one attached hydrogen (secondary N) is 1.